The quantitative estimate of drug-likeness (QED) is 0.827. The van der Waals surface area contributed by atoms with Crippen LogP contribution in [0.3, 0.4) is 0 Å². The van der Waals surface area contributed by atoms with Crippen LogP contribution in [-0.4, -0.2) is 25.8 Å². The van der Waals surface area contributed by atoms with E-state index in [9.17, 15) is 0 Å². The highest BCUT2D eigenvalue weighted by molar-refractivity contribution is 5.28. The summed E-state index contributed by atoms with van der Waals surface area (Å²) in [6.45, 7) is 3.67. The van der Waals surface area contributed by atoms with Gasteiger partial charge in [0.15, 0.2) is 0 Å². The van der Waals surface area contributed by atoms with Crippen LogP contribution in [0.5, 0.6) is 5.75 Å². The van der Waals surface area contributed by atoms with E-state index in [1.54, 1.807) is 7.11 Å². The summed E-state index contributed by atoms with van der Waals surface area (Å²) in [5, 5.41) is 3.63. The summed E-state index contributed by atoms with van der Waals surface area (Å²) in [6, 6.07) is 8.83. The molecule has 0 amide bonds. The zero-order chi connectivity index (χ0) is 14.2. The average Bonchev–Trinajstić information content (AvgIpc) is 2.47. The van der Waals surface area contributed by atoms with Gasteiger partial charge in [-0.05, 0) is 37.5 Å². The van der Waals surface area contributed by atoms with Crippen LogP contribution in [0.25, 0.3) is 0 Å². The molecular formula is C17H27NO2. The molecule has 3 heteroatoms. The van der Waals surface area contributed by atoms with Crippen molar-refractivity contribution < 1.29 is 9.47 Å². The fraction of sp³-hybridized carbons (Fsp3) is 0.647. The maximum absolute atomic E-state index is 5.97. The van der Waals surface area contributed by atoms with E-state index in [1.807, 2.05) is 12.1 Å². The maximum Gasteiger partial charge on any atom is 0.120 e. The van der Waals surface area contributed by atoms with E-state index in [-0.39, 0.29) is 6.10 Å². The van der Waals surface area contributed by atoms with Crippen LogP contribution in [0, 0.1) is 0 Å². The number of ether oxygens (including phenoxy) is 2. The second kappa shape index (κ2) is 8.28. The van der Waals surface area contributed by atoms with E-state index in [2.05, 4.69) is 24.4 Å². The van der Waals surface area contributed by atoms with Gasteiger partial charge >= 0.3 is 0 Å². The number of hydrogen-bond donors (Lipinski definition) is 1. The lowest BCUT2D eigenvalue weighted by Gasteiger charge is -2.25. The fourth-order valence-electron chi connectivity index (χ4n) is 2.79. The first kappa shape index (κ1) is 15.3. The monoisotopic (exact) mass is 277 g/mol. The Morgan fingerprint density at radius 3 is 2.80 bits per heavy atom. The Kier molecular flexibility index (Phi) is 6.34. The molecule has 1 aliphatic rings. The van der Waals surface area contributed by atoms with Gasteiger partial charge in [0.25, 0.3) is 0 Å². The Hall–Kier alpha value is -1.06. The van der Waals surface area contributed by atoms with Crippen LogP contribution in [0.2, 0.25) is 0 Å². The number of benzene rings is 1. The molecular weight excluding hydrogens is 250 g/mol. The van der Waals surface area contributed by atoms with E-state index in [0.29, 0.717) is 12.6 Å². The Bertz CT molecular complexity index is 388. The minimum atomic E-state index is 0.190. The van der Waals surface area contributed by atoms with Crippen LogP contribution >= 0.6 is 0 Å². The van der Waals surface area contributed by atoms with Crippen LogP contribution in [0.15, 0.2) is 24.3 Å². The predicted octanol–water partition coefficient (Wildman–Crippen LogP) is 3.52. The molecule has 0 aromatic heterocycles. The standard InChI is InChI=1S/C17H27NO2/c1-14(12-18-16-8-4-3-5-9-16)20-17-10-6-7-15(11-17)13-19-2/h6-7,10-11,14,16,18H,3-5,8-9,12-13H2,1-2H3. The molecule has 1 aromatic rings. The van der Waals surface area contributed by atoms with E-state index in [0.717, 1.165) is 17.9 Å². The lowest BCUT2D eigenvalue weighted by Crippen LogP contribution is -2.37. The maximum atomic E-state index is 5.97. The molecule has 1 N–H and O–H groups in total. The van der Waals surface area contributed by atoms with Gasteiger partial charge in [0, 0.05) is 19.7 Å². The average molecular weight is 277 g/mol. The van der Waals surface area contributed by atoms with Crippen molar-refractivity contribution in [3.8, 4) is 5.75 Å². The molecule has 2 rings (SSSR count). The lowest BCUT2D eigenvalue weighted by atomic mass is 9.95. The summed E-state index contributed by atoms with van der Waals surface area (Å²) in [4.78, 5) is 0. The van der Waals surface area contributed by atoms with E-state index >= 15 is 0 Å². The minimum Gasteiger partial charge on any atom is -0.489 e. The summed E-state index contributed by atoms with van der Waals surface area (Å²) < 4.78 is 11.1. The molecule has 20 heavy (non-hydrogen) atoms. The molecule has 3 nitrogen and oxygen atoms in total. The van der Waals surface area contributed by atoms with Gasteiger partial charge in [0.2, 0.25) is 0 Å². The van der Waals surface area contributed by atoms with E-state index in [4.69, 9.17) is 9.47 Å². The summed E-state index contributed by atoms with van der Waals surface area (Å²) in [6.07, 6.45) is 6.95. The zero-order valence-corrected chi connectivity index (χ0v) is 12.7. The molecule has 112 valence electrons. The number of nitrogens with one attached hydrogen (secondary N) is 1. The minimum absolute atomic E-state index is 0.190. The van der Waals surface area contributed by atoms with Gasteiger partial charge in [-0.3, -0.25) is 0 Å². The molecule has 1 aromatic carbocycles. The summed E-state index contributed by atoms with van der Waals surface area (Å²) in [5.41, 5.74) is 1.15. The van der Waals surface area contributed by atoms with Crippen molar-refractivity contribution in [2.75, 3.05) is 13.7 Å². The van der Waals surface area contributed by atoms with Crippen molar-refractivity contribution in [1.82, 2.24) is 5.32 Å². The molecule has 0 spiro atoms. The molecule has 0 bridgehead atoms. The molecule has 0 radical (unpaired) electrons. The van der Waals surface area contributed by atoms with Crippen LogP contribution < -0.4 is 10.1 Å². The molecule has 0 heterocycles. The van der Waals surface area contributed by atoms with Crippen molar-refractivity contribution in [3.05, 3.63) is 29.8 Å². The van der Waals surface area contributed by atoms with E-state index < -0.39 is 0 Å². The Balaban J connectivity index is 1.75. The van der Waals surface area contributed by atoms with Gasteiger partial charge in [0.1, 0.15) is 11.9 Å². The van der Waals surface area contributed by atoms with Crippen molar-refractivity contribution in [1.29, 1.82) is 0 Å². The highest BCUT2D eigenvalue weighted by Gasteiger charge is 2.14. The van der Waals surface area contributed by atoms with Gasteiger partial charge in [-0.2, -0.15) is 0 Å². The highest BCUT2D eigenvalue weighted by Crippen LogP contribution is 2.18. The third-order valence-corrected chi connectivity index (χ3v) is 3.85. The molecule has 1 saturated carbocycles. The van der Waals surface area contributed by atoms with Gasteiger partial charge in [-0.1, -0.05) is 31.4 Å². The molecule has 1 fully saturated rings. The smallest absolute Gasteiger partial charge is 0.120 e. The summed E-state index contributed by atoms with van der Waals surface area (Å²) in [7, 11) is 1.71. The normalized spacial score (nSPS) is 17.9. The first-order chi connectivity index (χ1) is 9.78. The molecule has 1 atom stereocenters. The Morgan fingerprint density at radius 1 is 1.25 bits per heavy atom. The second-order valence-corrected chi connectivity index (χ2v) is 5.75. The second-order valence-electron chi connectivity index (χ2n) is 5.75. The molecule has 0 saturated heterocycles. The van der Waals surface area contributed by atoms with Crippen molar-refractivity contribution in [2.45, 2.75) is 57.8 Å². The molecule has 0 aliphatic heterocycles. The molecule has 1 unspecified atom stereocenters. The van der Waals surface area contributed by atoms with Crippen LogP contribution in [0.4, 0.5) is 0 Å². The lowest BCUT2D eigenvalue weighted by molar-refractivity contribution is 0.182. The van der Waals surface area contributed by atoms with Crippen molar-refractivity contribution in [2.24, 2.45) is 0 Å². The fourth-order valence-corrected chi connectivity index (χ4v) is 2.79. The zero-order valence-electron chi connectivity index (χ0n) is 12.7. The topological polar surface area (TPSA) is 30.5 Å². The van der Waals surface area contributed by atoms with Crippen LogP contribution in [-0.2, 0) is 11.3 Å². The van der Waals surface area contributed by atoms with Gasteiger partial charge in [0.05, 0.1) is 6.61 Å². The number of methoxy groups -OCH3 is 1. The summed E-state index contributed by atoms with van der Waals surface area (Å²) >= 11 is 0. The highest BCUT2D eigenvalue weighted by atomic mass is 16.5. The predicted molar refractivity (Wildman–Crippen MR) is 82.1 cm³/mol. The SMILES string of the molecule is COCc1cccc(OC(C)CNC2CCCCC2)c1. The largest absolute Gasteiger partial charge is 0.489 e. The van der Waals surface area contributed by atoms with Gasteiger partial charge in [-0.25, -0.2) is 0 Å². The molecule has 1 aliphatic carbocycles. The van der Waals surface area contributed by atoms with Gasteiger partial charge in [-0.15, -0.1) is 0 Å². The first-order valence-electron chi connectivity index (χ1n) is 7.76. The third kappa shape index (κ3) is 5.14. The Morgan fingerprint density at radius 2 is 2.05 bits per heavy atom. The third-order valence-electron chi connectivity index (χ3n) is 3.85. The van der Waals surface area contributed by atoms with Crippen molar-refractivity contribution >= 4 is 0 Å². The van der Waals surface area contributed by atoms with Crippen molar-refractivity contribution in [3.63, 3.8) is 0 Å². The van der Waals surface area contributed by atoms with Crippen LogP contribution in [0.1, 0.15) is 44.6 Å². The number of rotatable bonds is 7. The summed E-state index contributed by atoms with van der Waals surface area (Å²) in [5.74, 6) is 0.928. The first-order valence-corrected chi connectivity index (χ1v) is 7.76. The van der Waals surface area contributed by atoms with Gasteiger partial charge < -0.3 is 14.8 Å². The number of hydrogen-bond acceptors (Lipinski definition) is 3. The Labute approximate surface area is 122 Å². The van der Waals surface area contributed by atoms with E-state index in [1.165, 1.54) is 32.1 Å².